The third-order valence-electron chi connectivity index (χ3n) is 6.71. The van der Waals surface area contributed by atoms with E-state index >= 15 is 0 Å². The highest BCUT2D eigenvalue weighted by Gasteiger charge is 2.44. The number of alkyl halides is 3. The van der Waals surface area contributed by atoms with Gasteiger partial charge in [0.05, 0.1) is 11.2 Å². The number of hydrogen-bond acceptors (Lipinski definition) is 6. The Hall–Kier alpha value is -2.04. The zero-order valence-corrected chi connectivity index (χ0v) is 22.8. The van der Waals surface area contributed by atoms with Gasteiger partial charge in [0.15, 0.2) is 6.29 Å². The molecule has 2 aliphatic rings. The maximum atomic E-state index is 13.4. The lowest BCUT2D eigenvalue weighted by Crippen LogP contribution is -2.53. The van der Waals surface area contributed by atoms with Crippen LogP contribution in [0.5, 0.6) is 5.75 Å². The minimum absolute atomic E-state index is 0.0830. The molecule has 0 saturated carbocycles. The number of benzene rings is 1. The summed E-state index contributed by atoms with van der Waals surface area (Å²) in [4.78, 5) is 16.5. The van der Waals surface area contributed by atoms with Crippen LogP contribution in [-0.2, 0) is 22.2 Å². The molecule has 0 aromatic heterocycles. The maximum Gasteiger partial charge on any atom is 0.416 e. The van der Waals surface area contributed by atoms with Gasteiger partial charge in [0, 0.05) is 30.7 Å². The van der Waals surface area contributed by atoms with Crippen molar-refractivity contribution in [1.82, 2.24) is 9.80 Å². The van der Waals surface area contributed by atoms with Gasteiger partial charge in [0.25, 0.3) is 0 Å². The number of halogens is 3. The Morgan fingerprint density at radius 1 is 1.03 bits per heavy atom. The second-order valence-corrected chi connectivity index (χ2v) is 12.0. The van der Waals surface area contributed by atoms with Crippen LogP contribution in [0.4, 0.5) is 18.0 Å². The van der Waals surface area contributed by atoms with E-state index in [9.17, 15) is 23.1 Å². The molecule has 3 rings (SSSR count). The number of hydrogen-bond donors (Lipinski definition) is 1. The van der Waals surface area contributed by atoms with Crippen molar-refractivity contribution in [3.8, 4) is 5.75 Å². The van der Waals surface area contributed by atoms with E-state index in [4.69, 9.17) is 14.2 Å². The molecule has 1 aromatic carbocycles. The zero-order chi connectivity index (χ0) is 27.6. The first-order chi connectivity index (χ1) is 17.0. The molecule has 7 nitrogen and oxygen atoms in total. The number of aliphatic hydroxyl groups is 1. The van der Waals surface area contributed by atoms with Crippen molar-refractivity contribution in [1.29, 1.82) is 0 Å². The quantitative estimate of drug-likeness (QED) is 0.484. The van der Waals surface area contributed by atoms with Crippen molar-refractivity contribution in [2.45, 2.75) is 103 Å². The Morgan fingerprint density at radius 3 is 2.24 bits per heavy atom. The first kappa shape index (κ1) is 29.5. The summed E-state index contributed by atoms with van der Waals surface area (Å²) in [6.45, 7) is 12.9. The van der Waals surface area contributed by atoms with Gasteiger partial charge in [-0.1, -0.05) is 6.07 Å². The van der Waals surface area contributed by atoms with E-state index in [-0.39, 0.29) is 24.0 Å². The number of rotatable bonds is 6. The summed E-state index contributed by atoms with van der Waals surface area (Å²) in [6, 6.07) is 3.52. The molecule has 1 unspecified atom stereocenters. The van der Waals surface area contributed by atoms with Gasteiger partial charge in [0.1, 0.15) is 18.0 Å². The Balaban J connectivity index is 1.73. The summed E-state index contributed by atoms with van der Waals surface area (Å²) in [5.74, 6) is 0.0830. The van der Waals surface area contributed by atoms with Crippen molar-refractivity contribution >= 4 is 6.09 Å². The lowest BCUT2D eigenvalue weighted by molar-refractivity contribution is -0.178. The molecule has 0 aliphatic carbocycles. The summed E-state index contributed by atoms with van der Waals surface area (Å²) in [5, 5.41) is 10.2. The fourth-order valence-corrected chi connectivity index (χ4v) is 5.04. The zero-order valence-electron chi connectivity index (χ0n) is 22.8. The average Bonchev–Trinajstić information content (AvgIpc) is 3.11. The van der Waals surface area contributed by atoms with E-state index in [1.165, 1.54) is 6.07 Å². The van der Waals surface area contributed by atoms with Crippen molar-refractivity contribution in [2.75, 3.05) is 26.2 Å². The highest BCUT2D eigenvalue weighted by Crippen LogP contribution is 2.41. The molecule has 37 heavy (non-hydrogen) atoms. The van der Waals surface area contributed by atoms with E-state index < -0.39 is 29.2 Å². The summed E-state index contributed by atoms with van der Waals surface area (Å²) in [7, 11) is 0. The first-order valence-corrected chi connectivity index (χ1v) is 12.9. The third kappa shape index (κ3) is 8.22. The minimum atomic E-state index is -4.51. The van der Waals surface area contributed by atoms with Crippen LogP contribution in [0.25, 0.3) is 0 Å². The third-order valence-corrected chi connectivity index (χ3v) is 6.71. The van der Waals surface area contributed by atoms with Gasteiger partial charge in [0.2, 0.25) is 0 Å². The molecule has 2 saturated heterocycles. The van der Waals surface area contributed by atoms with E-state index in [1.807, 2.05) is 20.8 Å². The number of nitrogens with zero attached hydrogens (tertiary/aromatic N) is 2. The number of piperidine rings is 1. The van der Waals surface area contributed by atoms with Gasteiger partial charge >= 0.3 is 12.3 Å². The fourth-order valence-electron chi connectivity index (χ4n) is 5.04. The predicted molar refractivity (Wildman–Crippen MR) is 133 cm³/mol. The number of aliphatic hydroxyl groups excluding tert-OH is 1. The summed E-state index contributed by atoms with van der Waals surface area (Å²) >= 11 is 0. The summed E-state index contributed by atoms with van der Waals surface area (Å²) in [6.07, 6.45) is -2.65. The van der Waals surface area contributed by atoms with E-state index in [2.05, 4.69) is 4.90 Å². The molecule has 1 N–H and O–H groups in total. The standard InChI is InChI=1S/C27H41F3N2O5/c1-24(2,3)36-22(33)18-35-21-16-20(27(28,29)30)9-8-19(21)17-32-13-7-10-26(32)11-14-31(15-12-26)23(34)37-25(4,5)6/h8-9,16,22,33H,7,10-15,17-18H2,1-6H3. The first-order valence-electron chi connectivity index (χ1n) is 12.9. The molecule has 2 fully saturated rings. The molecule has 210 valence electrons. The molecular formula is C27H41F3N2O5. The number of amides is 1. The van der Waals surface area contributed by atoms with Crippen molar-refractivity contribution in [2.24, 2.45) is 0 Å². The molecule has 2 heterocycles. The molecule has 0 bridgehead atoms. The molecular weight excluding hydrogens is 489 g/mol. The number of ether oxygens (including phenoxy) is 3. The van der Waals surface area contributed by atoms with Crippen LogP contribution >= 0.6 is 0 Å². The van der Waals surface area contributed by atoms with Crippen LogP contribution in [0.3, 0.4) is 0 Å². The van der Waals surface area contributed by atoms with Crippen molar-refractivity contribution in [3.05, 3.63) is 29.3 Å². The number of carbonyl (C=O) groups excluding carboxylic acids is 1. The van der Waals surface area contributed by atoms with Crippen LogP contribution in [0.15, 0.2) is 18.2 Å². The summed E-state index contributed by atoms with van der Waals surface area (Å²) < 4.78 is 56.9. The van der Waals surface area contributed by atoms with Crippen molar-refractivity contribution < 1.29 is 37.3 Å². The van der Waals surface area contributed by atoms with E-state index in [1.54, 1.807) is 25.7 Å². The molecule has 2 aliphatic heterocycles. The normalized spacial score (nSPS) is 19.8. The Labute approximate surface area is 217 Å². The Bertz CT molecular complexity index is 931. The monoisotopic (exact) mass is 530 g/mol. The SMILES string of the molecule is CC(C)(C)OC(=O)N1CCC2(CCCN2Cc2ccc(C(F)(F)F)cc2OCC(O)OC(C)(C)C)CC1. The Morgan fingerprint density at radius 2 is 1.68 bits per heavy atom. The number of carbonyl (C=O) groups is 1. The predicted octanol–water partition coefficient (Wildman–Crippen LogP) is 5.58. The van der Waals surface area contributed by atoms with E-state index in [0.717, 1.165) is 44.4 Å². The van der Waals surface area contributed by atoms with E-state index in [0.29, 0.717) is 25.2 Å². The Kier molecular flexibility index (Phi) is 8.76. The topological polar surface area (TPSA) is 71.5 Å². The highest BCUT2D eigenvalue weighted by molar-refractivity contribution is 5.68. The van der Waals surface area contributed by atoms with Crippen LogP contribution in [0.1, 0.15) is 78.4 Å². The molecule has 1 aromatic rings. The molecule has 0 radical (unpaired) electrons. The summed E-state index contributed by atoms with van der Waals surface area (Å²) in [5.41, 5.74) is -1.51. The van der Waals surface area contributed by atoms with Gasteiger partial charge < -0.3 is 24.2 Å². The molecule has 1 amide bonds. The van der Waals surface area contributed by atoms with Gasteiger partial charge in [-0.25, -0.2) is 4.79 Å². The fraction of sp³-hybridized carbons (Fsp3) is 0.741. The molecule has 10 heteroatoms. The average molecular weight is 531 g/mol. The minimum Gasteiger partial charge on any atom is -0.488 e. The van der Waals surface area contributed by atoms with Gasteiger partial charge in [-0.2, -0.15) is 13.2 Å². The highest BCUT2D eigenvalue weighted by atomic mass is 19.4. The lowest BCUT2D eigenvalue weighted by atomic mass is 9.84. The van der Waals surface area contributed by atoms with Gasteiger partial charge in [-0.3, -0.25) is 4.90 Å². The number of likely N-dealkylation sites (tertiary alicyclic amines) is 2. The smallest absolute Gasteiger partial charge is 0.416 e. The van der Waals surface area contributed by atoms with Crippen LogP contribution < -0.4 is 4.74 Å². The second kappa shape index (κ2) is 11.0. The molecule has 1 atom stereocenters. The van der Waals surface area contributed by atoms with Crippen LogP contribution in [0.2, 0.25) is 0 Å². The maximum absolute atomic E-state index is 13.4. The van der Waals surface area contributed by atoms with Crippen molar-refractivity contribution in [3.63, 3.8) is 0 Å². The largest absolute Gasteiger partial charge is 0.488 e. The van der Waals surface area contributed by atoms with Crippen LogP contribution in [-0.4, -0.2) is 70.3 Å². The lowest BCUT2D eigenvalue weighted by Gasteiger charge is -2.45. The van der Waals surface area contributed by atoms with Crippen LogP contribution in [0, 0.1) is 0 Å². The molecule has 1 spiro atoms. The van der Waals surface area contributed by atoms with Gasteiger partial charge in [-0.05, 0) is 85.9 Å². The van der Waals surface area contributed by atoms with Gasteiger partial charge in [-0.15, -0.1) is 0 Å². The second-order valence-electron chi connectivity index (χ2n) is 12.0.